The largest absolute Gasteiger partial charge is 0.481 e. The second-order valence-electron chi connectivity index (χ2n) is 6.12. The maximum Gasteiger partial charge on any atom is 0.303 e. The summed E-state index contributed by atoms with van der Waals surface area (Å²) in [4.78, 5) is 15.8. The minimum Gasteiger partial charge on any atom is -0.481 e. The van der Waals surface area contributed by atoms with Crippen molar-refractivity contribution in [2.45, 2.75) is 25.2 Å². The Balaban J connectivity index is 1.81. The number of fused-ring (bicyclic) bond motifs is 1. The van der Waals surface area contributed by atoms with Crippen LogP contribution in [0.15, 0.2) is 52.9 Å². The zero-order chi connectivity index (χ0) is 15.8. The normalized spacial score (nSPS) is 15.7. The second-order valence-corrected chi connectivity index (χ2v) is 6.12. The summed E-state index contributed by atoms with van der Waals surface area (Å²) >= 11 is 0. The molecule has 1 N–H and O–H groups in total. The van der Waals surface area contributed by atoms with Crippen molar-refractivity contribution in [3.8, 4) is 11.5 Å². The van der Waals surface area contributed by atoms with Gasteiger partial charge in [-0.25, -0.2) is 4.98 Å². The summed E-state index contributed by atoms with van der Waals surface area (Å²) in [5.41, 5.74) is 3.50. The van der Waals surface area contributed by atoms with Gasteiger partial charge >= 0.3 is 5.97 Å². The molecule has 1 fully saturated rings. The monoisotopic (exact) mass is 307 g/mol. The Morgan fingerprint density at radius 2 is 1.91 bits per heavy atom. The zero-order valence-corrected chi connectivity index (χ0v) is 12.6. The molecular weight excluding hydrogens is 290 g/mol. The minimum absolute atomic E-state index is 0.0266. The van der Waals surface area contributed by atoms with Gasteiger partial charge in [0.2, 0.25) is 5.89 Å². The van der Waals surface area contributed by atoms with Crippen molar-refractivity contribution in [2.24, 2.45) is 5.92 Å². The van der Waals surface area contributed by atoms with E-state index in [4.69, 9.17) is 4.42 Å². The fourth-order valence-corrected chi connectivity index (χ4v) is 3.22. The van der Waals surface area contributed by atoms with Crippen LogP contribution in [-0.4, -0.2) is 16.1 Å². The molecule has 23 heavy (non-hydrogen) atoms. The number of rotatable bonds is 5. The molecule has 0 spiro atoms. The highest BCUT2D eigenvalue weighted by atomic mass is 16.4. The topological polar surface area (TPSA) is 63.3 Å². The van der Waals surface area contributed by atoms with Crippen LogP contribution in [0.25, 0.3) is 22.6 Å². The average molecular weight is 307 g/mol. The molecule has 1 aliphatic carbocycles. The van der Waals surface area contributed by atoms with Crippen molar-refractivity contribution in [2.75, 3.05) is 0 Å². The molecule has 3 aromatic rings. The van der Waals surface area contributed by atoms with Crippen LogP contribution in [0.3, 0.4) is 0 Å². The Hall–Kier alpha value is -2.62. The summed E-state index contributed by atoms with van der Waals surface area (Å²) < 4.78 is 5.89. The molecule has 0 aliphatic heterocycles. The van der Waals surface area contributed by atoms with Gasteiger partial charge in [0.15, 0.2) is 5.58 Å². The third-order valence-corrected chi connectivity index (χ3v) is 4.47. The van der Waals surface area contributed by atoms with Crippen molar-refractivity contribution in [3.05, 3.63) is 54.1 Å². The molecule has 4 rings (SSSR count). The third kappa shape index (κ3) is 2.72. The van der Waals surface area contributed by atoms with E-state index in [-0.39, 0.29) is 12.3 Å². The highest BCUT2D eigenvalue weighted by molar-refractivity contribution is 5.77. The lowest BCUT2D eigenvalue weighted by Gasteiger charge is -2.17. The lowest BCUT2D eigenvalue weighted by molar-refractivity contribution is -0.137. The molecule has 1 atom stereocenters. The maximum absolute atomic E-state index is 11.3. The SMILES string of the molecule is O=C(O)CC(c1ccccc1-c1nc2ccccc2o1)C1CC1. The van der Waals surface area contributed by atoms with Crippen molar-refractivity contribution in [1.82, 2.24) is 4.98 Å². The molecule has 2 aromatic carbocycles. The zero-order valence-electron chi connectivity index (χ0n) is 12.6. The summed E-state index contributed by atoms with van der Waals surface area (Å²) in [7, 11) is 0. The Kier molecular flexibility index (Phi) is 3.37. The smallest absolute Gasteiger partial charge is 0.303 e. The van der Waals surface area contributed by atoms with Gasteiger partial charge in [0.05, 0.1) is 6.42 Å². The summed E-state index contributed by atoms with van der Waals surface area (Å²) in [6, 6.07) is 15.5. The highest BCUT2D eigenvalue weighted by Crippen LogP contribution is 2.47. The van der Waals surface area contributed by atoms with Crippen LogP contribution in [0.1, 0.15) is 30.7 Å². The van der Waals surface area contributed by atoms with E-state index in [2.05, 4.69) is 4.98 Å². The van der Waals surface area contributed by atoms with Gasteiger partial charge in [-0.05, 0) is 48.4 Å². The molecule has 0 radical (unpaired) electrons. The Labute approximate surface area is 133 Å². The van der Waals surface area contributed by atoms with Crippen LogP contribution < -0.4 is 0 Å². The van der Waals surface area contributed by atoms with Crippen LogP contribution in [0, 0.1) is 5.92 Å². The fourth-order valence-electron chi connectivity index (χ4n) is 3.22. The van der Waals surface area contributed by atoms with Crippen molar-refractivity contribution < 1.29 is 14.3 Å². The molecule has 1 aliphatic rings. The molecule has 0 bridgehead atoms. The van der Waals surface area contributed by atoms with Crippen molar-refractivity contribution in [1.29, 1.82) is 0 Å². The Morgan fingerprint density at radius 3 is 2.65 bits per heavy atom. The predicted octanol–water partition coefficient (Wildman–Crippen LogP) is 4.46. The van der Waals surface area contributed by atoms with Gasteiger partial charge in [-0.15, -0.1) is 0 Å². The van der Waals surface area contributed by atoms with E-state index < -0.39 is 5.97 Å². The van der Waals surface area contributed by atoms with Crippen LogP contribution in [0.5, 0.6) is 0 Å². The molecule has 116 valence electrons. The fraction of sp³-hybridized carbons (Fsp3) is 0.263. The van der Waals surface area contributed by atoms with Gasteiger partial charge in [0, 0.05) is 5.56 Å². The molecule has 1 unspecified atom stereocenters. The standard InChI is InChI=1S/C19H17NO3/c21-18(22)11-15(12-9-10-12)13-5-1-2-6-14(13)19-20-16-7-3-4-8-17(16)23-19/h1-8,12,15H,9-11H2,(H,21,22). The molecule has 0 amide bonds. The lowest BCUT2D eigenvalue weighted by Crippen LogP contribution is -2.09. The van der Waals surface area contributed by atoms with Gasteiger partial charge in [-0.2, -0.15) is 0 Å². The van der Waals surface area contributed by atoms with Crippen molar-refractivity contribution >= 4 is 17.1 Å². The first-order valence-electron chi connectivity index (χ1n) is 7.89. The van der Waals surface area contributed by atoms with E-state index >= 15 is 0 Å². The van der Waals surface area contributed by atoms with E-state index in [1.165, 1.54) is 0 Å². The van der Waals surface area contributed by atoms with Crippen LogP contribution >= 0.6 is 0 Å². The van der Waals surface area contributed by atoms with E-state index in [1.807, 2.05) is 48.5 Å². The first-order chi connectivity index (χ1) is 11.2. The van der Waals surface area contributed by atoms with Gasteiger partial charge in [0.25, 0.3) is 0 Å². The minimum atomic E-state index is -0.755. The summed E-state index contributed by atoms with van der Waals surface area (Å²) in [6.07, 6.45) is 2.35. The number of carboxylic acids is 1. The van der Waals surface area contributed by atoms with Gasteiger partial charge in [0.1, 0.15) is 5.52 Å². The average Bonchev–Trinajstić information content (AvgIpc) is 3.30. The lowest BCUT2D eigenvalue weighted by atomic mass is 9.87. The number of carbonyl (C=O) groups is 1. The number of oxazole rings is 1. The number of aliphatic carboxylic acids is 1. The van der Waals surface area contributed by atoms with Crippen molar-refractivity contribution in [3.63, 3.8) is 0 Å². The van der Waals surface area contributed by atoms with Gasteiger partial charge in [-0.1, -0.05) is 30.3 Å². The van der Waals surface area contributed by atoms with Gasteiger partial charge < -0.3 is 9.52 Å². The number of para-hydroxylation sites is 2. The van der Waals surface area contributed by atoms with Gasteiger partial charge in [-0.3, -0.25) is 4.79 Å². The van der Waals surface area contributed by atoms with E-state index in [0.717, 1.165) is 35.1 Å². The Bertz CT molecular complexity index is 831. The summed E-state index contributed by atoms with van der Waals surface area (Å²) in [6.45, 7) is 0. The molecule has 1 heterocycles. The van der Waals surface area contributed by atoms with Crippen LogP contribution in [0.2, 0.25) is 0 Å². The third-order valence-electron chi connectivity index (χ3n) is 4.47. The maximum atomic E-state index is 11.3. The molecule has 4 heteroatoms. The molecule has 0 saturated heterocycles. The molecule has 1 saturated carbocycles. The number of carboxylic acid groups (broad SMARTS) is 1. The number of benzene rings is 2. The first-order valence-corrected chi connectivity index (χ1v) is 7.89. The molecular formula is C19H17NO3. The highest BCUT2D eigenvalue weighted by Gasteiger charge is 2.35. The second kappa shape index (κ2) is 5.54. The molecule has 1 aromatic heterocycles. The van der Waals surface area contributed by atoms with E-state index in [0.29, 0.717) is 11.8 Å². The van der Waals surface area contributed by atoms with E-state index in [9.17, 15) is 9.90 Å². The predicted molar refractivity (Wildman–Crippen MR) is 87.2 cm³/mol. The summed E-state index contributed by atoms with van der Waals surface area (Å²) in [5.74, 6) is 0.294. The Morgan fingerprint density at radius 1 is 1.17 bits per heavy atom. The van der Waals surface area contributed by atoms with Crippen LogP contribution in [0.4, 0.5) is 0 Å². The van der Waals surface area contributed by atoms with Crippen LogP contribution in [-0.2, 0) is 4.79 Å². The number of aromatic nitrogens is 1. The quantitative estimate of drug-likeness (QED) is 0.755. The number of nitrogens with zero attached hydrogens (tertiary/aromatic N) is 1. The summed E-state index contributed by atoms with van der Waals surface area (Å²) in [5, 5.41) is 9.26. The van der Waals surface area contributed by atoms with E-state index in [1.54, 1.807) is 0 Å². The number of hydrogen-bond acceptors (Lipinski definition) is 3. The molecule has 4 nitrogen and oxygen atoms in total. The number of hydrogen-bond donors (Lipinski definition) is 1. The first kappa shape index (κ1) is 14.0.